The van der Waals surface area contributed by atoms with Crippen molar-refractivity contribution in [1.82, 2.24) is 25.3 Å². The Morgan fingerprint density at radius 2 is 2.08 bits per heavy atom. The summed E-state index contributed by atoms with van der Waals surface area (Å²) in [5, 5.41) is 20.5. The van der Waals surface area contributed by atoms with Gasteiger partial charge in [0, 0.05) is 19.3 Å². The Balaban J connectivity index is 1.46. The van der Waals surface area contributed by atoms with E-state index in [2.05, 4.69) is 25.9 Å². The molecule has 3 aromatic heterocycles. The number of aryl methyl sites for hydroxylation is 2. The van der Waals surface area contributed by atoms with Gasteiger partial charge in [0.25, 0.3) is 5.91 Å². The summed E-state index contributed by atoms with van der Waals surface area (Å²) in [5.74, 6) is 1.27. The molecular weight excluding hydrogens is 324 g/mol. The summed E-state index contributed by atoms with van der Waals surface area (Å²) in [5.41, 5.74) is 2.03. The fourth-order valence-electron chi connectivity index (χ4n) is 2.09. The standard InChI is InChI=1S/C16H18N6OS/c1-11-9-13(24-10-11)16(23)18-7-6-17-14-3-4-15(20-19-14)22-8-5-12(2)21-22/h3-5,8-10H,6-7H2,1-2H3,(H,17,19)(H,18,23). The van der Waals surface area contributed by atoms with E-state index in [9.17, 15) is 4.79 Å². The van der Waals surface area contributed by atoms with Crippen LogP contribution in [0.5, 0.6) is 0 Å². The van der Waals surface area contributed by atoms with E-state index in [0.29, 0.717) is 24.7 Å². The van der Waals surface area contributed by atoms with Gasteiger partial charge in [0.1, 0.15) is 5.82 Å². The first-order valence-corrected chi connectivity index (χ1v) is 8.43. The fraction of sp³-hybridized carbons (Fsp3) is 0.250. The number of aromatic nitrogens is 4. The lowest BCUT2D eigenvalue weighted by atomic mass is 10.3. The lowest BCUT2D eigenvalue weighted by molar-refractivity contribution is 0.0959. The first kappa shape index (κ1) is 16.1. The number of hydrogen-bond donors (Lipinski definition) is 2. The molecule has 0 aliphatic heterocycles. The molecule has 3 rings (SSSR count). The third kappa shape index (κ3) is 3.96. The number of hydrogen-bond acceptors (Lipinski definition) is 6. The van der Waals surface area contributed by atoms with Crippen molar-refractivity contribution in [3.63, 3.8) is 0 Å². The van der Waals surface area contributed by atoms with Gasteiger partial charge in [-0.15, -0.1) is 21.5 Å². The monoisotopic (exact) mass is 342 g/mol. The highest BCUT2D eigenvalue weighted by Gasteiger charge is 2.07. The van der Waals surface area contributed by atoms with E-state index in [-0.39, 0.29) is 5.91 Å². The van der Waals surface area contributed by atoms with Crippen LogP contribution in [0.2, 0.25) is 0 Å². The van der Waals surface area contributed by atoms with Crippen LogP contribution in [0.3, 0.4) is 0 Å². The molecule has 7 nitrogen and oxygen atoms in total. The van der Waals surface area contributed by atoms with Crippen molar-refractivity contribution < 1.29 is 4.79 Å². The first-order chi connectivity index (χ1) is 11.6. The SMILES string of the molecule is Cc1csc(C(=O)NCCNc2ccc(-n3ccc(C)n3)nn2)c1. The van der Waals surface area contributed by atoms with Gasteiger partial charge in [-0.05, 0) is 49.1 Å². The van der Waals surface area contributed by atoms with Crippen molar-refractivity contribution in [3.8, 4) is 5.82 Å². The second kappa shape index (κ2) is 7.22. The van der Waals surface area contributed by atoms with E-state index in [1.165, 1.54) is 11.3 Å². The van der Waals surface area contributed by atoms with Gasteiger partial charge in [-0.2, -0.15) is 5.10 Å². The molecule has 2 N–H and O–H groups in total. The largest absolute Gasteiger partial charge is 0.367 e. The van der Waals surface area contributed by atoms with E-state index in [0.717, 1.165) is 16.1 Å². The molecule has 0 spiro atoms. The Morgan fingerprint density at radius 1 is 1.21 bits per heavy atom. The molecule has 0 aromatic carbocycles. The molecule has 0 aliphatic rings. The average Bonchev–Trinajstić information content (AvgIpc) is 3.20. The molecule has 1 amide bonds. The van der Waals surface area contributed by atoms with Crippen LogP contribution in [0.25, 0.3) is 5.82 Å². The van der Waals surface area contributed by atoms with Gasteiger partial charge in [0.15, 0.2) is 5.82 Å². The Bertz CT molecular complexity index is 823. The summed E-state index contributed by atoms with van der Waals surface area (Å²) in [6.07, 6.45) is 1.84. The second-order valence-electron chi connectivity index (χ2n) is 5.35. The van der Waals surface area contributed by atoms with Crippen molar-refractivity contribution in [3.05, 3.63) is 52.0 Å². The lowest BCUT2D eigenvalue weighted by Crippen LogP contribution is -2.28. The molecule has 3 aromatic rings. The van der Waals surface area contributed by atoms with Gasteiger partial charge in [0.05, 0.1) is 10.6 Å². The Labute approximate surface area is 143 Å². The summed E-state index contributed by atoms with van der Waals surface area (Å²) in [6.45, 7) is 4.98. The van der Waals surface area contributed by atoms with E-state index < -0.39 is 0 Å². The van der Waals surface area contributed by atoms with Gasteiger partial charge in [-0.25, -0.2) is 4.68 Å². The zero-order chi connectivity index (χ0) is 16.9. The zero-order valence-electron chi connectivity index (χ0n) is 13.5. The molecule has 0 atom stereocenters. The van der Waals surface area contributed by atoms with E-state index >= 15 is 0 Å². The minimum atomic E-state index is -0.0506. The highest BCUT2D eigenvalue weighted by Crippen LogP contribution is 2.13. The first-order valence-electron chi connectivity index (χ1n) is 7.55. The summed E-state index contributed by atoms with van der Waals surface area (Å²) in [4.78, 5) is 12.6. The van der Waals surface area contributed by atoms with Crippen LogP contribution in [0, 0.1) is 13.8 Å². The van der Waals surface area contributed by atoms with Gasteiger partial charge in [0.2, 0.25) is 0 Å². The third-order valence-corrected chi connectivity index (χ3v) is 4.33. The van der Waals surface area contributed by atoms with E-state index in [1.54, 1.807) is 4.68 Å². The van der Waals surface area contributed by atoms with Crippen molar-refractivity contribution in [1.29, 1.82) is 0 Å². The van der Waals surface area contributed by atoms with E-state index in [1.807, 2.05) is 49.7 Å². The molecule has 0 bridgehead atoms. The number of carbonyl (C=O) groups excluding carboxylic acids is 1. The predicted molar refractivity (Wildman–Crippen MR) is 93.8 cm³/mol. The van der Waals surface area contributed by atoms with Gasteiger partial charge in [-0.3, -0.25) is 4.79 Å². The van der Waals surface area contributed by atoms with Crippen molar-refractivity contribution in [2.75, 3.05) is 18.4 Å². The summed E-state index contributed by atoms with van der Waals surface area (Å²) in [7, 11) is 0. The molecule has 24 heavy (non-hydrogen) atoms. The maximum atomic E-state index is 11.9. The Kier molecular flexibility index (Phi) is 4.85. The number of carbonyl (C=O) groups is 1. The van der Waals surface area contributed by atoms with Crippen LogP contribution in [0.4, 0.5) is 5.82 Å². The molecule has 8 heteroatoms. The number of nitrogens with zero attached hydrogens (tertiary/aromatic N) is 4. The Hall–Kier alpha value is -2.74. The zero-order valence-corrected chi connectivity index (χ0v) is 14.3. The fourth-order valence-corrected chi connectivity index (χ4v) is 2.90. The van der Waals surface area contributed by atoms with Crippen molar-refractivity contribution in [2.45, 2.75) is 13.8 Å². The minimum absolute atomic E-state index is 0.0506. The second-order valence-corrected chi connectivity index (χ2v) is 6.26. The highest BCUT2D eigenvalue weighted by atomic mass is 32.1. The summed E-state index contributed by atoms with van der Waals surface area (Å²) in [6, 6.07) is 7.47. The number of rotatable bonds is 6. The number of anilines is 1. The normalized spacial score (nSPS) is 10.6. The number of amides is 1. The summed E-state index contributed by atoms with van der Waals surface area (Å²) >= 11 is 1.45. The maximum Gasteiger partial charge on any atom is 0.261 e. The van der Waals surface area contributed by atoms with Crippen LogP contribution in [0.15, 0.2) is 35.8 Å². The van der Waals surface area contributed by atoms with Crippen molar-refractivity contribution >= 4 is 23.1 Å². The number of thiophene rings is 1. The van der Waals surface area contributed by atoms with Crippen LogP contribution < -0.4 is 10.6 Å². The molecule has 124 valence electrons. The molecule has 0 aliphatic carbocycles. The van der Waals surface area contributed by atoms with E-state index in [4.69, 9.17) is 0 Å². The van der Waals surface area contributed by atoms with Gasteiger partial charge < -0.3 is 10.6 Å². The van der Waals surface area contributed by atoms with Crippen LogP contribution in [-0.2, 0) is 0 Å². The van der Waals surface area contributed by atoms with Gasteiger partial charge >= 0.3 is 0 Å². The Morgan fingerprint density at radius 3 is 2.71 bits per heavy atom. The van der Waals surface area contributed by atoms with Crippen LogP contribution >= 0.6 is 11.3 Å². The molecule has 0 saturated carbocycles. The van der Waals surface area contributed by atoms with Gasteiger partial charge in [-0.1, -0.05) is 0 Å². The highest BCUT2D eigenvalue weighted by molar-refractivity contribution is 7.12. The topological polar surface area (TPSA) is 84.7 Å². The maximum absolute atomic E-state index is 11.9. The predicted octanol–water partition coefficient (Wildman–Crippen LogP) is 2.18. The quantitative estimate of drug-likeness (QED) is 0.671. The molecule has 0 radical (unpaired) electrons. The van der Waals surface area contributed by atoms with Crippen LogP contribution in [-0.4, -0.2) is 39.0 Å². The molecular formula is C16H18N6OS. The molecule has 0 saturated heterocycles. The lowest BCUT2D eigenvalue weighted by Gasteiger charge is -2.07. The molecule has 0 fully saturated rings. The molecule has 0 unspecified atom stereocenters. The van der Waals surface area contributed by atoms with Crippen LogP contribution in [0.1, 0.15) is 20.9 Å². The van der Waals surface area contributed by atoms with Crippen molar-refractivity contribution in [2.24, 2.45) is 0 Å². The minimum Gasteiger partial charge on any atom is -0.367 e. The summed E-state index contributed by atoms with van der Waals surface area (Å²) < 4.78 is 1.68. The third-order valence-electron chi connectivity index (χ3n) is 3.28. The molecule has 3 heterocycles. The number of nitrogens with one attached hydrogen (secondary N) is 2. The average molecular weight is 342 g/mol. The smallest absolute Gasteiger partial charge is 0.261 e.